The molecule has 3 N–H and O–H groups in total. The molecule has 0 aromatic heterocycles. The first kappa shape index (κ1) is 13.1. The van der Waals surface area contributed by atoms with Gasteiger partial charge in [-0.25, -0.2) is 8.78 Å². The fraction of sp³-hybridized carbons (Fsp3) is 0.538. The molecule has 0 saturated carbocycles. The van der Waals surface area contributed by atoms with Gasteiger partial charge in [-0.05, 0) is 38.1 Å². The smallest absolute Gasteiger partial charge is 0.151 e. The minimum absolute atomic E-state index is 0.0643. The summed E-state index contributed by atoms with van der Waals surface area (Å²) < 4.78 is 27.4. The van der Waals surface area contributed by atoms with Crippen LogP contribution in [-0.4, -0.2) is 31.1 Å². The SMILES string of the molecule is CC1CN(C)CCC1Nc1c(F)cc(N)cc1F. The van der Waals surface area contributed by atoms with Gasteiger partial charge in [-0.1, -0.05) is 6.92 Å². The molecular weight excluding hydrogens is 236 g/mol. The molecule has 100 valence electrons. The molecule has 1 saturated heterocycles. The predicted molar refractivity (Wildman–Crippen MR) is 69.5 cm³/mol. The summed E-state index contributed by atoms with van der Waals surface area (Å²) in [5.41, 5.74) is 5.43. The largest absolute Gasteiger partial charge is 0.399 e. The topological polar surface area (TPSA) is 41.3 Å². The Morgan fingerprint density at radius 1 is 1.33 bits per heavy atom. The number of nitrogens with zero attached hydrogens (tertiary/aromatic N) is 1. The van der Waals surface area contributed by atoms with Gasteiger partial charge in [-0.15, -0.1) is 0 Å². The number of rotatable bonds is 2. The van der Waals surface area contributed by atoms with E-state index in [2.05, 4.69) is 24.2 Å². The number of hydrogen-bond donors (Lipinski definition) is 2. The Labute approximate surface area is 106 Å². The Morgan fingerprint density at radius 3 is 2.50 bits per heavy atom. The first-order valence-corrected chi connectivity index (χ1v) is 6.17. The van der Waals surface area contributed by atoms with Crippen LogP contribution < -0.4 is 11.1 Å². The number of halogens is 2. The molecule has 1 fully saturated rings. The Bertz CT molecular complexity index is 413. The summed E-state index contributed by atoms with van der Waals surface area (Å²) in [5.74, 6) is -0.905. The number of nitrogens with two attached hydrogens (primary N) is 1. The molecule has 0 amide bonds. The molecule has 0 bridgehead atoms. The van der Waals surface area contributed by atoms with Gasteiger partial charge in [0.1, 0.15) is 5.69 Å². The lowest BCUT2D eigenvalue weighted by atomic mass is 9.94. The molecule has 1 aromatic rings. The van der Waals surface area contributed by atoms with E-state index in [-0.39, 0.29) is 17.4 Å². The minimum Gasteiger partial charge on any atom is -0.399 e. The molecule has 2 atom stereocenters. The van der Waals surface area contributed by atoms with Gasteiger partial charge in [0, 0.05) is 18.3 Å². The maximum Gasteiger partial charge on any atom is 0.151 e. The number of piperidine rings is 1. The number of benzene rings is 1. The molecule has 1 aromatic carbocycles. The van der Waals surface area contributed by atoms with Crippen LogP contribution in [0.5, 0.6) is 0 Å². The summed E-state index contributed by atoms with van der Waals surface area (Å²) in [6.45, 7) is 3.94. The van der Waals surface area contributed by atoms with Gasteiger partial charge in [0.15, 0.2) is 11.6 Å². The molecule has 0 radical (unpaired) electrons. The molecular formula is C13H19F2N3. The van der Waals surface area contributed by atoms with E-state index in [1.165, 1.54) is 0 Å². The molecule has 0 aliphatic carbocycles. The standard InChI is InChI=1S/C13H19F2N3/c1-8-7-18(2)4-3-12(8)17-13-10(14)5-9(16)6-11(13)15/h5-6,8,12,17H,3-4,7,16H2,1-2H3. The third-order valence-electron chi connectivity index (χ3n) is 3.50. The lowest BCUT2D eigenvalue weighted by Crippen LogP contribution is -2.43. The van der Waals surface area contributed by atoms with E-state index in [0.717, 1.165) is 31.6 Å². The van der Waals surface area contributed by atoms with Crippen molar-refractivity contribution in [2.24, 2.45) is 5.92 Å². The van der Waals surface area contributed by atoms with Crippen LogP contribution in [0.15, 0.2) is 12.1 Å². The van der Waals surface area contributed by atoms with Crippen LogP contribution in [0, 0.1) is 17.6 Å². The summed E-state index contributed by atoms with van der Waals surface area (Å²) >= 11 is 0. The van der Waals surface area contributed by atoms with Crippen molar-refractivity contribution < 1.29 is 8.78 Å². The van der Waals surface area contributed by atoms with Gasteiger partial charge in [-0.3, -0.25) is 0 Å². The minimum atomic E-state index is -0.626. The summed E-state index contributed by atoms with van der Waals surface area (Å²) in [6.07, 6.45) is 0.876. The van der Waals surface area contributed by atoms with Crippen LogP contribution in [0.1, 0.15) is 13.3 Å². The highest BCUT2D eigenvalue weighted by molar-refractivity contribution is 5.54. The third kappa shape index (κ3) is 2.72. The lowest BCUT2D eigenvalue weighted by Gasteiger charge is -2.35. The summed E-state index contributed by atoms with van der Waals surface area (Å²) in [5, 5.41) is 2.98. The molecule has 5 heteroatoms. The maximum atomic E-state index is 13.7. The maximum absolute atomic E-state index is 13.7. The van der Waals surface area contributed by atoms with Crippen molar-refractivity contribution in [3.8, 4) is 0 Å². The monoisotopic (exact) mass is 255 g/mol. The fourth-order valence-electron chi connectivity index (χ4n) is 2.48. The van der Waals surface area contributed by atoms with Crippen molar-refractivity contribution in [2.75, 3.05) is 31.2 Å². The van der Waals surface area contributed by atoms with Crippen molar-refractivity contribution in [2.45, 2.75) is 19.4 Å². The van der Waals surface area contributed by atoms with Crippen LogP contribution in [0.4, 0.5) is 20.2 Å². The van der Waals surface area contributed by atoms with Gasteiger partial charge >= 0.3 is 0 Å². The highest BCUT2D eigenvalue weighted by Crippen LogP contribution is 2.26. The van der Waals surface area contributed by atoms with Crippen LogP contribution >= 0.6 is 0 Å². The van der Waals surface area contributed by atoms with Crippen LogP contribution in [0.3, 0.4) is 0 Å². The van der Waals surface area contributed by atoms with E-state index < -0.39 is 11.6 Å². The molecule has 1 heterocycles. The highest BCUT2D eigenvalue weighted by atomic mass is 19.1. The van der Waals surface area contributed by atoms with E-state index in [0.29, 0.717) is 5.92 Å². The van der Waals surface area contributed by atoms with E-state index in [1.54, 1.807) is 0 Å². The van der Waals surface area contributed by atoms with E-state index >= 15 is 0 Å². The molecule has 2 unspecified atom stereocenters. The van der Waals surface area contributed by atoms with Crippen molar-refractivity contribution in [3.63, 3.8) is 0 Å². The molecule has 18 heavy (non-hydrogen) atoms. The normalized spacial score (nSPS) is 25.1. The van der Waals surface area contributed by atoms with Crippen molar-refractivity contribution in [1.82, 2.24) is 4.90 Å². The average molecular weight is 255 g/mol. The second-order valence-corrected chi connectivity index (χ2v) is 5.14. The van der Waals surface area contributed by atoms with Crippen molar-refractivity contribution >= 4 is 11.4 Å². The Hall–Kier alpha value is -1.36. The average Bonchev–Trinajstić information content (AvgIpc) is 2.25. The Kier molecular flexibility index (Phi) is 3.71. The Balaban J connectivity index is 2.14. The molecule has 0 spiro atoms. The highest BCUT2D eigenvalue weighted by Gasteiger charge is 2.25. The number of hydrogen-bond acceptors (Lipinski definition) is 3. The third-order valence-corrected chi connectivity index (χ3v) is 3.50. The number of nitrogen functional groups attached to an aromatic ring is 1. The zero-order valence-corrected chi connectivity index (χ0v) is 10.7. The molecule has 1 aliphatic rings. The fourth-order valence-corrected chi connectivity index (χ4v) is 2.48. The van der Waals surface area contributed by atoms with Gasteiger partial charge in [-0.2, -0.15) is 0 Å². The molecule has 3 nitrogen and oxygen atoms in total. The van der Waals surface area contributed by atoms with E-state index in [1.807, 2.05) is 0 Å². The van der Waals surface area contributed by atoms with Crippen molar-refractivity contribution in [3.05, 3.63) is 23.8 Å². The van der Waals surface area contributed by atoms with Crippen molar-refractivity contribution in [1.29, 1.82) is 0 Å². The van der Waals surface area contributed by atoms with Gasteiger partial charge in [0.05, 0.1) is 0 Å². The zero-order valence-electron chi connectivity index (χ0n) is 10.7. The van der Waals surface area contributed by atoms with Gasteiger partial charge < -0.3 is 16.0 Å². The Morgan fingerprint density at radius 2 is 1.94 bits per heavy atom. The summed E-state index contributed by atoms with van der Waals surface area (Å²) in [6, 6.07) is 2.38. The van der Waals surface area contributed by atoms with Gasteiger partial charge in [0.2, 0.25) is 0 Å². The molecule has 2 rings (SSSR count). The first-order valence-electron chi connectivity index (χ1n) is 6.17. The number of likely N-dealkylation sites (tertiary alicyclic amines) is 1. The van der Waals surface area contributed by atoms with Crippen LogP contribution in [-0.2, 0) is 0 Å². The second-order valence-electron chi connectivity index (χ2n) is 5.14. The summed E-state index contributed by atoms with van der Waals surface area (Å²) in [7, 11) is 2.05. The van der Waals surface area contributed by atoms with Crippen LogP contribution in [0.25, 0.3) is 0 Å². The first-order chi connectivity index (χ1) is 8.47. The number of anilines is 2. The summed E-state index contributed by atoms with van der Waals surface area (Å²) in [4.78, 5) is 2.22. The zero-order chi connectivity index (χ0) is 13.3. The second kappa shape index (κ2) is 5.10. The predicted octanol–water partition coefficient (Wildman–Crippen LogP) is 2.30. The molecule has 1 aliphatic heterocycles. The van der Waals surface area contributed by atoms with E-state index in [9.17, 15) is 8.78 Å². The van der Waals surface area contributed by atoms with Crippen LogP contribution in [0.2, 0.25) is 0 Å². The number of nitrogens with one attached hydrogen (secondary N) is 1. The quantitative estimate of drug-likeness (QED) is 0.797. The van der Waals surface area contributed by atoms with E-state index in [4.69, 9.17) is 5.73 Å². The van der Waals surface area contributed by atoms with Gasteiger partial charge in [0.25, 0.3) is 0 Å². The lowest BCUT2D eigenvalue weighted by molar-refractivity contribution is 0.205.